The molecule has 0 N–H and O–H groups in total. The lowest BCUT2D eigenvalue weighted by atomic mass is 10.1. The Kier molecular flexibility index (Phi) is 34.1. The van der Waals surface area contributed by atoms with Gasteiger partial charge in [0.25, 0.3) is 0 Å². The van der Waals surface area contributed by atoms with Crippen molar-refractivity contribution in [2.45, 2.75) is 200 Å². The summed E-state index contributed by atoms with van der Waals surface area (Å²) >= 11 is 0. The van der Waals surface area contributed by atoms with Crippen molar-refractivity contribution in [2.24, 2.45) is 0 Å². The monoisotopic (exact) mass is 649 g/mol. The second-order valence-electron chi connectivity index (χ2n) is 12.8. The molecular weight excluding hydrogens is 576 g/mol. The van der Waals surface area contributed by atoms with Crippen molar-refractivity contribution in [3.05, 3.63) is 24.3 Å². The van der Waals surface area contributed by atoms with Crippen molar-refractivity contribution in [1.82, 2.24) is 0 Å². The number of hydrogen-bond donors (Lipinski definition) is 0. The Balaban J connectivity index is 4.42. The molecule has 0 aliphatic heterocycles. The van der Waals surface area contributed by atoms with Gasteiger partial charge >= 0.3 is 17.9 Å². The van der Waals surface area contributed by atoms with Crippen LogP contribution in [0.1, 0.15) is 194 Å². The minimum Gasteiger partial charge on any atom is -0.462 e. The van der Waals surface area contributed by atoms with E-state index in [9.17, 15) is 14.4 Å². The summed E-state index contributed by atoms with van der Waals surface area (Å²) in [7, 11) is 0. The number of carbonyl (C=O) groups excluding carboxylic acids is 3. The van der Waals surface area contributed by atoms with E-state index in [0.717, 1.165) is 70.6 Å². The summed E-state index contributed by atoms with van der Waals surface area (Å²) in [4.78, 5) is 37.3. The molecule has 0 heterocycles. The summed E-state index contributed by atoms with van der Waals surface area (Å²) in [5.41, 5.74) is 0. The summed E-state index contributed by atoms with van der Waals surface area (Å²) in [6, 6.07) is 0. The molecule has 1 unspecified atom stereocenters. The first-order valence-electron chi connectivity index (χ1n) is 19.3. The van der Waals surface area contributed by atoms with Crippen molar-refractivity contribution in [3.63, 3.8) is 0 Å². The van der Waals surface area contributed by atoms with Gasteiger partial charge in [0.1, 0.15) is 13.2 Å². The summed E-state index contributed by atoms with van der Waals surface area (Å²) in [5, 5.41) is 0. The highest BCUT2D eigenvalue weighted by Crippen LogP contribution is 2.12. The highest BCUT2D eigenvalue weighted by atomic mass is 16.6. The van der Waals surface area contributed by atoms with Gasteiger partial charge in [-0.1, -0.05) is 141 Å². The minimum absolute atomic E-state index is 0.0846. The van der Waals surface area contributed by atoms with Gasteiger partial charge in [0, 0.05) is 19.3 Å². The number of carbonyl (C=O) groups is 3. The molecule has 0 saturated carbocycles. The van der Waals surface area contributed by atoms with E-state index >= 15 is 0 Å². The highest BCUT2D eigenvalue weighted by Gasteiger charge is 2.19. The number of rotatable bonds is 34. The van der Waals surface area contributed by atoms with Crippen LogP contribution >= 0.6 is 0 Å². The van der Waals surface area contributed by atoms with E-state index in [1.54, 1.807) is 0 Å². The van der Waals surface area contributed by atoms with Gasteiger partial charge in [0.15, 0.2) is 6.10 Å². The largest absolute Gasteiger partial charge is 0.462 e. The average molecular weight is 649 g/mol. The number of ether oxygens (including phenoxy) is 3. The Morgan fingerprint density at radius 3 is 1.24 bits per heavy atom. The first-order chi connectivity index (χ1) is 22.5. The fourth-order valence-electron chi connectivity index (χ4n) is 5.19. The molecule has 0 rings (SSSR count). The molecule has 1 atom stereocenters. The lowest BCUT2D eigenvalue weighted by Crippen LogP contribution is -2.30. The molecule has 0 aromatic rings. The number of unbranched alkanes of at least 4 members (excludes halogenated alkanes) is 19. The van der Waals surface area contributed by atoms with Crippen LogP contribution in [0.15, 0.2) is 24.3 Å². The summed E-state index contributed by atoms with van der Waals surface area (Å²) in [6.07, 6.45) is 36.0. The van der Waals surface area contributed by atoms with Crippen molar-refractivity contribution >= 4 is 17.9 Å². The fourth-order valence-corrected chi connectivity index (χ4v) is 5.19. The van der Waals surface area contributed by atoms with Crippen LogP contribution in [0.3, 0.4) is 0 Å². The molecule has 0 radical (unpaired) electrons. The van der Waals surface area contributed by atoms with Crippen molar-refractivity contribution in [1.29, 1.82) is 0 Å². The van der Waals surface area contributed by atoms with Gasteiger partial charge in [-0.3, -0.25) is 14.4 Å². The molecule has 0 spiro atoms. The van der Waals surface area contributed by atoms with Crippen LogP contribution < -0.4 is 0 Å². The maximum absolute atomic E-state index is 12.5. The molecular formula is C40H72O6. The number of hydrogen-bond acceptors (Lipinski definition) is 6. The van der Waals surface area contributed by atoms with Crippen LogP contribution in [0.4, 0.5) is 0 Å². The lowest BCUT2D eigenvalue weighted by Gasteiger charge is -2.18. The van der Waals surface area contributed by atoms with Crippen LogP contribution in [0.5, 0.6) is 0 Å². The van der Waals surface area contributed by atoms with E-state index in [1.165, 1.54) is 77.0 Å². The Hall–Kier alpha value is -2.11. The first kappa shape index (κ1) is 43.9. The molecule has 0 amide bonds. The SMILES string of the molecule is CCCC/C=C\CCCCCCC(=O)OCC(COC(=O)CCCCCCCCCCC)OC(=O)CCC/C=C\CCCCCC. The van der Waals surface area contributed by atoms with Gasteiger partial charge in [-0.15, -0.1) is 0 Å². The van der Waals surface area contributed by atoms with E-state index in [-0.39, 0.29) is 37.5 Å². The molecule has 0 saturated heterocycles. The molecule has 0 aromatic carbocycles. The van der Waals surface area contributed by atoms with Crippen LogP contribution in [0.2, 0.25) is 0 Å². The topological polar surface area (TPSA) is 78.9 Å². The van der Waals surface area contributed by atoms with E-state index in [4.69, 9.17) is 14.2 Å². The Morgan fingerprint density at radius 1 is 0.413 bits per heavy atom. The molecule has 46 heavy (non-hydrogen) atoms. The normalized spacial score (nSPS) is 12.2. The van der Waals surface area contributed by atoms with Gasteiger partial charge in [0.2, 0.25) is 0 Å². The molecule has 0 fully saturated rings. The highest BCUT2D eigenvalue weighted by molar-refractivity contribution is 5.71. The third-order valence-electron chi connectivity index (χ3n) is 8.18. The standard InChI is InChI=1S/C40H72O6/c1-4-7-10-13-16-19-22-24-27-30-33-39(42)45-36-37(46-40(43)34-31-28-25-21-18-15-12-9-6-3)35-44-38(41)32-29-26-23-20-17-14-11-8-5-2/h13,16,21,25,37H,4-12,14-15,17-20,22-24,26-36H2,1-3H3/b16-13-,25-21-. The maximum Gasteiger partial charge on any atom is 0.306 e. The zero-order valence-electron chi connectivity index (χ0n) is 30.3. The predicted molar refractivity (Wildman–Crippen MR) is 192 cm³/mol. The molecule has 0 aliphatic carbocycles. The molecule has 268 valence electrons. The quantitative estimate of drug-likeness (QED) is 0.0299. The van der Waals surface area contributed by atoms with E-state index < -0.39 is 6.10 Å². The van der Waals surface area contributed by atoms with Crippen molar-refractivity contribution in [3.8, 4) is 0 Å². The third-order valence-corrected chi connectivity index (χ3v) is 8.18. The molecule has 0 aliphatic rings. The van der Waals surface area contributed by atoms with Crippen LogP contribution in [-0.4, -0.2) is 37.2 Å². The van der Waals surface area contributed by atoms with E-state index in [1.807, 2.05) is 0 Å². The summed E-state index contributed by atoms with van der Waals surface area (Å²) < 4.78 is 16.5. The summed E-state index contributed by atoms with van der Waals surface area (Å²) in [6.45, 7) is 6.48. The number of esters is 3. The summed E-state index contributed by atoms with van der Waals surface area (Å²) in [5.74, 6) is -0.943. The maximum atomic E-state index is 12.5. The molecule has 6 heteroatoms. The first-order valence-corrected chi connectivity index (χ1v) is 19.3. The second kappa shape index (κ2) is 35.7. The minimum atomic E-state index is -0.780. The van der Waals surface area contributed by atoms with Crippen LogP contribution in [0, 0.1) is 0 Å². The van der Waals surface area contributed by atoms with Crippen molar-refractivity contribution in [2.75, 3.05) is 13.2 Å². The van der Waals surface area contributed by atoms with Crippen LogP contribution in [0.25, 0.3) is 0 Å². The van der Waals surface area contributed by atoms with E-state index in [2.05, 4.69) is 45.1 Å². The Labute approximate surface area is 283 Å². The fraction of sp³-hybridized carbons (Fsp3) is 0.825. The van der Waals surface area contributed by atoms with Gasteiger partial charge in [-0.25, -0.2) is 0 Å². The van der Waals surface area contributed by atoms with Gasteiger partial charge < -0.3 is 14.2 Å². The zero-order valence-corrected chi connectivity index (χ0v) is 30.3. The second-order valence-corrected chi connectivity index (χ2v) is 12.8. The van der Waals surface area contributed by atoms with Gasteiger partial charge in [-0.2, -0.15) is 0 Å². The average Bonchev–Trinajstić information content (AvgIpc) is 3.05. The van der Waals surface area contributed by atoms with E-state index in [0.29, 0.717) is 19.3 Å². The molecule has 0 aromatic heterocycles. The molecule has 6 nitrogen and oxygen atoms in total. The van der Waals surface area contributed by atoms with Crippen molar-refractivity contribution < 1.29 is 28.6 Å². The Bertz CT molecular complexity index is 759. The Morgan fingerprint density at radius 2 is 0.761 bits per heavy atom. The lowest BCUT2D eigenvalue weighted by molar-refractivity contribution is -0.167. The van der Waals surface area contributed by atoms with Gasteiger partial charge in [-0.05, 0) is 57.8 Å². The number of allylic oxidation sites excluding steroid dienone is 4. The third kappa shape index (κ3) is 33.3. The smallest absolute Gasteiger partial charge is 0.306 e. The molecule has 0 bridgehead atoms. The zero-order chi connectivity index (χ0) is 33.8. The van der Waals surface area contributed by atoms with Gasteiger partial charge in [0.05, 0.1) is 0 Å². The van der Waals surface area contributed by atoms with Crippen LogP contribution in [-0.2, 0) is 28.6 Å². The predicted octanol–water partition coefficient (Wildman–Crippen LogP) is 11.7.